The Kier molecular flexibility index (Phi) is 7.77. The Balaban J connectivity index is 1.51. The van der Waals surface area contributed by atoms with Crippen LogP contribution in [-0.2, 0) is 14.2 Å². The lowest BCUT2D eigenvalue weighted by Crippen LogP contribution is -2.50. The van der Waals surface area contributed by atoms with Crippen LogP contribution in [0.3, 0.4) is 0 Å². The van der Waals surface area contributed by atoms with Crippen molar-refractivity contribution < 1.29 is 23.7 Å². The first-order valence-electron chi connectivity index (χ1n) is 12.6. The quantitative estimate of drug-likeness (QED) is 0.470. The monoisotopic (exact) mass is 512 g/mol. The summed E-state index contributed by atoms with van der Waals surface area (Å²) in [6, 6.07) is 8.00. The highest BCUT2D eigenvalue weighted by molar-refractivity contribution is 5.77. The summed E-state index contributed by atoms with van der Waals surface area (Å²) in [5, 5.41) is 14.0. The van der Waals surface area contributed by atoms with Crippen LogP contribution in [0.25, 0.3) is 22.6 Å². The first kappa shape index (κ1) is 25.7. The number of halogens is 1. The van der Waals surface area contributed by atoms with Gasteiger partial charge in [-0.2, -0.15) is 0 Å². The highest BCUT2D eigenvalue weighted by Crippen LogP contribution is 2.35. The van der Waals surface area contributed by atoms with Crippen molar-refractivity contribution in [2.45, 2.75) is 26.6 Å². The van der Waals surface area contributed by atoms with E-state index in [0.29, 0.717) is 55.3 Å². The third kappa shape index (κ3) is 5.65. The maximum absolute atomic E-state index is 13.7. The fourth-order valence-corrected chi connectivity index (χ4v) is 4.38. The zero-order valence-electron chi connectivity index (χ0n) is 21.2. The molecule has 10 nitrogen and oxygen atoms in total. The maximum Gasteiger partial charge on any atom is 0.240 e. The lowest BCUT2D eigenvalue weighted by molar-refractivity contribution is -0.239. The fourth-order valence-electron chi connectivity index (χ4n) is 4.38. The van der Waals surface area contributed by atoms with Gasteiger partial charge < -0.3 is 24.3 Å². The van der Waals surface area contributed by atoms with Crippen LogP contribution in [0, 0.1) is 11.2 Å². The summed E-state index contributed by atoms with van der Waals surface area (Å²) in [6.07, 6.45) is 1.94. The van der Waals surface area contributed by atoms with Gasteiger partial charge in [-0.25, -0.2) is 24.4 Å². The first-order chi connectivity index (χ1) is 18.0. The van der Waals surface area contributed by atoms with Gasteiger partial charge in [0.1, 0.15) is 5.82 Å². The van der Waals surface area contributed by atoms with E-state index in [1.165, 1.54) is 12.1 Å². The second-order valence-electron chi connectivity index (χ2n) is 9.71. The Morgan fingerprint density at radius 1 is 1.14 bits per heavy atom. The predicted molar refractivity (Wildman–Crippen MR) is 135 cm³/mol. The fraction of sp³-hybridized carbons (Fsp3) is 0.500. The normalized spacial score (nSPS) is 22.8. The summed E-state index contributed by atoms with van der Waals surface area (Å²) < 4.78 is 31.0. The lowest BCUT2D eigenvalue weighted by atomic mass is 9.94. The molecule has 0 amide bonds. The molecular weight excluding hydrogens is 479 g/mol. The number of nitrogens with one attached hydrogen (secondary N) is 1. The molecule has 0 unspecified atom stereocenters. The van der Waals surface area contributed by atoms with Gasteiger partial charge in [-0.05, 0) is 36.8 Å². The van der Waals surface area contributed by atoms with Crippen LogP contribution in [0.15, 0.2) is 36.5 Å². The Morgan fingerprint density at radius 2 is 1.86 bits per heavy atom. The number of aliphatic hydroxyl groups excluding tert-OH is 1. The van der Waals surface area contributed by atoms with Crippen molar-refractivity contribution >= 4 is 5.95 Å². The molecule has 2 aromatic heterocycles. The summed E-state index contributed by atoms with van der Waals surface area (Å²) in [6.45, 7) is 8.29. The predicted octanol–water partition coefficient (Wildman–Crippen LogP) is 3.18. The number of morpholine rings is 1. The molecule has 0 bridgehead atoms. The zero-order chi connectivity index (χ0) is 25.8. The summed E-state index contributed by atoms with van der Waals surface area (Å²) in [7, 11) is 0. The van der Waals surface area contributed by atoms with E-state index in [2.05, 4.69) is 26.9 Å². The van der Waals surface area contributed by atoms with Gasteiger partial charge in [0.15, 0.2) is 5.82 Å². The van der Waals surface area contributed by atoms with Crippen LogP contribution in [0.2, 0.25) is 0 Å². The summed E-state index contributed by atoms with van der Waals surface area (Å²) in [5.74, 6) is 0.743. The van der Waals surface area contributed by atoms with E-state index in [1.54, 1.807) is 18.3 Å². The molecule has 0 spiro atoms. The molecular formula is C26H33FN6O4. The lowest BCUT2D eigenvalue weighted by Gasteiger charge is -2.37. The number of hydrazine groups is 1. The van der Waals surface area contributed by atoms with Crippen molar-refractivity contribution in [3.63, 3.8) is 0 Å². The average Bonchev–Trinajstić information content (AvgIpc) is 3.38. The number of ether oxygens (including phenoxy) is 3. The van der Waals surface area contributed by atoms with Crippen molar-refractivity contribution in [3.05, 3.63) is 48.2 Å². The number of rotatable bonds is 8. The van der Waals surface area contributed by atoms with Crippen molar-refractivity contribution in [1.82, 2.24) is 24.9 Å². The average molecular weight is 513 g/mol. The van der Waals surface area contributed by atoms with Gasteiger partial charge in [-0.3, -0.25) is 5.01 Å². The molecule has 2 fully saturated rings. The molecule has 2 aliphatic heterocycles. The molecule has 2 saturated heterocycles. The number of hydrogen-bond donors (Lipinski definition) is 2. The largest absolute Gasteiger partial charge is 0.396 e. The van der Waals surface area contributed by atoms with Crippen molar-refractivity contribution in [2.75, 3.05) is 57.7 Å². The highest BCUT2D eigenvalue weighted by Gasteiger charge is 2.35. The van der Waals surface area contributed by atoms with E-state index in [0.717, 1.165) is 31.6 Å². The molecule has 0 radical (unpaired) electrons. The van der Waals surface area contributed by atoms with Crippen LogP contribution < -0.4 is 5.01 Å². The smallest absolute Gasteiger partial charge is 0.240 e. The van der Waals surface area contributed by atoms with Gasteiger partial charge in [-0.1, -0.05) is 13.8 Å². The Hall–Kier alpha value is -2.96. The van der Waals surface area contributed by atoms with E-state index >= 15 is 0 Å². The molecule has 0 saturated carbocycles. The minimum Gasteiger partial charge on any atom is -0.396 e. The van der Waals surface area contributed by atoms with E-state index in [9.17, 15) is 9.50 Å². The molecule has 1 aromatic carbocycles. The van der Waals surface area contributed by atoms with Crippen molar-refractivity contribution in [3.8, 4) is 22.6 Å². The third-order valence-corrected chi connectivity index (χ3v) is 6.51. The summed E-state index contributed by atoms with van der Waals surface area (Å²) in [5.41, 5.74) is 2.18. The molecule has 4 heterocycles. The molecule has 37 heavy (non-hydrogen) atoms. The molecule has 198 valence electrons. The first-order valence-corrected chi connectivity index (χ1v) is 12.6. The molecule has 0 atom stereocenters. The minimum atomic E-state index is -0.723. The van der Waals surface area contributed by atoms with Gasteiger partial charge in [-0.15, -0.1) is 0 Å². The number of aromatic amines is 1. The maximum atomic E-state index is 13.7. The van der Waals surface area contributed by atoms with Crippen molar-refractivity contribution in [1.29, 1.82) is 0 Å². The second kappa shape index (κ2) is 11.2. The van der Waals surface area contributed by atoms with Gasteiger partial charge in [0.2, 0.25) is 12.2 Å². The van der Waals surface area contributed by atoms with Crippen LogP contribution >= 0.6 is 0 Å². The van der Waals surface area contributed by atoms with Crippen LogP contribution in [0.5, 0.6) is 0 Å². The van der Waals surface area contributed by atoms with E-state index in [1.807, 2.05) is 13.0 Å². The number of hydrogen-bond acceptors (Lipinski definition) is 9. The second-order valence-corrected chi connectivity index (χ2v) is 9.71. The van der Waals surface area contributed by atoms with Gasteiger partial charge in [0.25, 0.3) is 0 Å². The number of benzene rings is 1. The SMILES string of the molecule is CCCN(c1nccc(-c2[nH]c(C3OCC(C)(CO)CO3)nc2-c2ccc(F)cc2)n1)N1CCOCC1. The number of aromatic nitrogens is 4. The number of anilines is 1. The summed E-state index contributed by atoms with van der Waals surface area (Å²) >= 11 is 0. The molecule has 2 aliphatic rings. The minimum absolute atomic E-state index is 0.0366. The highest BCUT2D eigenvalue weighted by atomic mass is 19.1. The Bertz CT molecular complexity index is 1180. The van der Waals surface area contributed by atoms with Crippen molar-refractivity contribution in [2.24, 2.45) is 5.41 Å². The third-order valence-electron chi connectivity index (χ3n) is 6.51. The van der Waals surface area contributed by atoms with Gasteiger partial charge >= 0.3 is 0 Å². The topological polar surface area (TPSA) is 109 Å². The molecule has 0 aliphatic carbocycles. The van der Waals surface area contributed by atoms with Gasteiger partial charge in [0.05, 0.1) is 50.1 Å². The molecule has 5 rings (SSSR count). The number of aliphatic hydroxyl groups is 1. The van der Waals surface area contributed by atoms with Crippen LogP contribution in [-0.4, -0.2) is 82.7 Å². The van der Waals surface area contributed by atoms with Crippen LogP contribution in [0.4, 0.5) is 10.3 Å². The van der Waals surface area contributed by atoms with E-state index < -0.39 is 11.7 Å². The standard InChI is InChI=1S/C26H33FN6O4/c1-3-10-33(32-11-13-35-14-12-32)25-28-9-8-20(29-25)22-21(18-4-6-19(27)7-5-18)30-23(31-22)24-36-16-26(2,15-34)17-37-24/h4-9,24,34H,3,10-17H2,1-2H3,(H,30,31). The number of H-pyrrole nitrogens is 1. The summed E-state index contributed by atoms with van der Waals surface area (Å²) in [4.78, 5) is 17.6. The number of imidazole rings is 1. The molecule has 2 N–H and O–H groups in total. The van der Waals surface area contributed by atoms with Crippen LogP contribution in [0.1, 0.15) is 32.4 Å². The zero-order valence-corrected chi connectivity index (χ0v) is 21.2. The molecule has 3 aromatic rings. The Labute approximate surface area is 215 Å². The van der Waals surface area contributed by atoms with Gasteiger partial charge in [0, 0.05) is 36.8 Å². The van der Waals surface area contributed by atoms with E-state index in [4.69, 9.17) is 24.2 Å². The molecule has 11 heteroatoms. The van der Waals surface area contributed by atoms with E-state index in [-0.39, 0.29) is 12.4 Å². The number of nitrogens with zero attached hydrogens (tertiary/aromatic N) is 5. The Morgan fingerprint density at radius 3 is 2.54 bits per heavy atom.